The van der Waals surface area contributed by atoms with Gasteiger partial charge >= 0.3 is 65.2 Å². The molecule has 0 bridgehead atoms. The summed E-state index contributed by atoms with van der Waals surface area (Å²) >= 11 is 6.58. The van der Waals surface area contributed by atoms with E-state index in [1.807, 2.05) is 0 Å². The molecule has 0 fully saturated rings. The molecule has 0 aliphatic rings. The Balaban J connectivity index is -0.0000000208. The van der Waals surface area contributed by atoms with Gasteiger partial charge in [-0.3, -0.25) is 0 Å². The van der Waals surface area contributed by atoms with Crippen LogP contribution in [0, 0.1) is 0 Å². The molecule has 0 aromatic carbocycles. The molecule has 0 spiro atoms. The maximum absolute atomic E-state index is 9.47. The van der Waals surface area contributed by atoms with Gasteiger partial charge < -0.3 is 7.96 Å². The summed E-state index contributed by atoms with van der Waals surface area (Å²) in [4.78, 5) is 9.47. The Hall–Kier alpha value is 1.97. The van der Waals surface area contributed by atoms with Crippen LogP contribution in [0.5, 0.6) is 0 Å². The minimum Gasteiger partial charge on any atom is -1.00 e. The van der Waals surface area contributed by atoms with Crippen LogP contribution in [-0.4, -0.2) is 14.9 Å². The van der Waals surface area contributed by atoms with E-state index in [1.165, 1.54) is 0 Å². The molecule has 0 aliphatic heterocycles. The Labute approximate surface area is 106 Å². The molecule has 1 amide bonds. The maximum atomic E-state index is 9.47. The molecule has 0 aliphatic carbocycles. The predicted octanol–water partition coefficient (Wildman–Crippen LogP) is -5.11. The summed E-state index contributed by atoms with van der Waals surface area (Å²) in [6.45, 7) is 0. The van der Waals surface area contributed by atoms with E-state index in [0.717, 1.165) is 0 Å². The Bertz CT molecular complexity index is 76.3. The first kappa shape index (κ1) is 16.5. The summed E-state index contributed by atoms with van der Waals surface area (Å²) in [6, 6.07) is 0. The second kappa shape index (κ2) is 8.97. The van der Waals surface area contributed by atoms with Gasteiger partial charge in [-0.25, -0.2) is 4.79 Å². The summed E-state index contributed by atoms with van der Waals surface area (Å²) < 4.78 is 0.472. The SMILES string of the molecule is O=C(O)N(S)S.[H-].[H-].[Na+].[Na+]. The Morgan fingerprint density at radius 2 is 1.62 bits per heavy atom. The van der Waals surface area contributed by atoms with E-state index in [4.69, 9.17) is 5.11 Å². The van der Waals surface area contributed by atoms with Crippen LogP contribution in [-0.2, 0) is 0 Å². The number of carboxylic acid groups (broad SMARTS) is 1. The summed E-state index contributed by atoms with van der Waals surface area (Å²) in [6.07, 6.45) is -1.18. The van der Waals surface area contributed by atoms with Gasteiger partial charge in [0.05, 0.1) is 0 Å². The van der Waals surface area contributed by atoms with Crippen molar-refractivity contribution in [3.05, 3.63) is 0 Å². The molecular formula is CH5NNa2O2S2. The van der Waals surface area contributed by atoms with E-state index in [0.29, 0.717) is 3.71 Å². The minimum atomic E-state index is -1.18. The van der Waals surface area contributed by atoms with Crippen LogP contribution in [0.4, 0.5) is 4.79 Å². The standard InChI is InChI=1S/CH3NO2S2.2Na.2H/c3-1(4)2(5)6;;;;/h5-6H,(H,3,4);;;;/q;2*+1;2*-1. The Kier molecular flexibility index (Phi) is 18.5. The van der Waals surface area contributed by atoms with E-state index >= 15 is 0 Å². The summed E-state index contributed by atoms with van der Waals surface area (Å²) in [5.41, 5.74) is 0. The fourth-order valence-electron chi connectivity index (χ4n) is 0. The summed E-state index contributed by atoms with van der Waals surface area (Å²) in [5, 5.41) is 7.76. The van der Waals surface area contributed by atoms with E-state index in [9.17, 15) is 4.79 Å². The van der Waals surface area contributed by atoms with Crippen LogP contribution < -0.4 is 59.1 Å². The number of amides is 1. The molecule has 0 saturated heterocycles. The third-order valence-corrected chi connectivity index (χ3v) is 0.513. The number of rotatable bonds is 0. The second-order valence-electron chi connectivity index (χ2n) is 0.572. The third kappa shape index (κ3) is 10.9. The van der Waals surface area contributed by atoms with Gasteiger partial charge in [0.2, 0.25) is 0 Å². The van der Waals surface area contributed by atoms with Crippen molar-refractivity contribution in [2.24, 2.45) is 0 Å². The minimum absolute atomic E-state index is 0. The van der Waals surface area contributed by atoms with Crippen LogP contribution >= 0.6 is 25.6 Å². The zero-order chi connectivity index (χ0) is 5.15. The molecule has 0 aromatic rings. The van der Waals surface area contributed by atoms with Crippen molar-refractivity contribution < 1.29 is 71.9 Å². The first-order chi connectivity index (χ1) is 2.64. The van der Waals surface area contributed by atoms with E-state index in [-0.39, 0.29) is 62.0 Å². The van der Waals surface area contributed by atoms with Crippen LogP contribution in [0.15, 0.2) is 0 Å². The fourth-order valence-corrected chi connectivity index (χ4v) is 0. The molecule has 0 aromatic heterocycles. The van der Waals surface area contributed by atoms with Crippen molar-refractivity contribution in [3.63, 3.8) is 0 Å². The normalized spacial score (nSPS) is 5.75. The van der Waals surface area contributed by atoms with Crippen LogP contribution in [0.2, 0.25) is 0 Å². The summed E-state index contributed by atoms with van der Waals surface area (Å²) in [7, 11) is 0. The number of hydrogen-bond donors (Lipinski definition) is 3. The summed E-state index contributed by atoms with van der Waals surface area (Å²) in [5.74, 6) is 0. The maximum Gasteiger partial charge on any atom is 1.00 e. The third-order valence-electron chi connectivity index (χ3n) is 0.171. The Morgan fingerprint density at radius 1 is 1.50 bits per heavy atom. The van der Waals surface area contributed by atoms with Crippen LogP contribution in [0.1, 0.15) is 2.85 Å². The monoisotopic (exact) mass is 173 g/mol. The molecule has 0 rings (SSSR count). The van der Waals surface area contributed by atoms with Gasteiger partial charge in [0.15, 0.2) is 0 Å². The van der Waals surface area contributed by atoms with Crippen LogP contribution in [0.25, 0.3) is 0 Å². The van der Waals surface area contributed by atoms with Crippen molar-refractivity contribution in [3.8, 4) is 0 Å². The van der Waals surface area contributed by atoms with Crippen molar-refractivity contribution in [2.45, 2.75) is 0 Å². The molecule has 3 nitrogen and oxygen atoms in total. The van der Waals surface area contributed by atoms with Crippen molar-refractivity contribution in [2.75, 3.05) is 0 Å². The van der Waals surface area contributed by atoms with Crippen molar-refractivity contribution in [1.29, 1.82) is 0 Å². The number of thiol groups is 2. The van der Waals surface area contributed by atoms with Crippen molar-refractivity contribution >= 4 is 31.7 Å². The average molecular weight is 173 g/mol. The molecule has 40 valence electrons. The smallest absolute Gasteiger partial charge is 1.00 e. The van der Waals surface area contributed by atoms with Gasteiger partial charge in [0, 0.05) is 0 Å². The average Bonchev–Trinajstić information content (AvgIpc) is 1.36. The van der Waals surface area contributed by atoms with E-state index < -0.39 is 6.09 Å². The molecule has 7 heteroatoms. The van der Waals surface area contributed by atoms with E-state index in [2.05, 4.69) is 25.6 Å². The second-order valence-corrected chi connectivity index (χ2v) is 1.69. The van der Waals surface area contributed by atoms with Crippen LogP contribution in [0.3, 0.4) is 0 Å². The molecule has 0 radical (unpaired) electrons. The predicted molar refractivity (Wildman–Crippen MR) is 30.1 cm³/mol. The van der Waals surface area contributed by atoms with Gasteiger partial charge in [-0.1, -0.05) is 0 Å². The Morgan fingerprint density at radius 3 is 1.62 bits per heavy atom. The molecule has 0 heterocycles. The molecule has 0 atom stereocenters. The quantitative estimate of drug-likeness (QED) is 0.253. The van der Waals surface area contributed by atoms with E-state index in [1.54, 1.807) is 0 Å². The first-order valence-electron chi connectivity index (χ1n) is 1.05. The number of hydrogen-bond acceptors (Lipinski definition) is 3. The molecule has 1 N–H and O–H groups in total. The van der Waals surface area contributed by atoms with Gasteiger partial charge in [-0.2, -0.15) is 3.71 Å². The fraction of sp³-hybridized carbons (Fsp3) is 0. The molecule has 0 saturated carbocycles. The molecule has 0 unspecified atom stereocenters. The number of nitrogens with zero attached hydrogens (tertiary/aromatic N) is 1. The van der Waals surface area contributed by atoms with Gasteiger partial charge in [-0.15, -0.1) is 0 Å². The first-order valence-corrected chi connectivity index (χ1v) is 1.85. The van der Waals surface area contributed by atoms with Gasteiger partial charge in [0.25, 0.3) is 0 Å². The largest absolute Gasteiger partial charge is 1.00 e. The molecule has 8 heavy (non-hydrogen) atoms. The molecular weight excluding hydrogens is 168 g/mol. The van der Waals surface area contributed by atoms with Crippen molar-refractivity contribution in [1.82, 2.24) is 3.71 Å². The zero-order valence-corrected chi connectivity index (χ0v) is 10.5. The van der Waals surface area contributed by atoms with Gasteiger partial charge in [0.1, 0.15) is 0 Å². The van der Waals surface area contributed by atoms with Gasteiger partial charge in [-0.05, 0) is 25.6 Å². The topological polar surface area (TPSA) is 40.5 Å². The number of carbonyl (C=O) groups is 1. The zero-order valence-electron chi connectivity index (χ0n) is 6.70.